The molecule has 1 unspecified atom stereocenters. The SMILES string of the molecule is CCC1(Cn2ccc(C(=O)O)c2)CC(=O)N(C)C(N)=N1. The van der Waals surface area contributed by atoms with Gasteiger partial charge in [-0.05, 0) is 12.5 Å². The summed E-state index contributed by atoms with van der Waals surface area (Å²) in [5.41, 5.74) is 5.39. The average Bonchev–Trinajstić information content (AvgIpc) is 2.84. The van der Waals surface area contributed by atoms with E-state index >= 15 is 0 Å². The van der Waals surface area contributed by atoms with E-state index in [1.165, 1.54) is 17.2 Å². The highest BCUT2D eigenvalue weighted by atomic mass is 16.4. The normalized spacial score (nSPS) is 22.8. The van der Waals surface area contributed by atoms with Crippen molar-refractivity contribution in [3.8, 4) is 0 Å². The van der Waals surface area contributed by atoms with Crippen molar-refractivity contribution in [2.75, 3.05) is 7.05 Å². The van der Waals surface area contributed by atoms with E-state index in [-0.39, 0.29) is 23.9 Å². The first-order chi connectivity index (χ1) is 9.37. The summed E-state index contributed by atoms with van der Waals surface area (Å²) in [7, 11) is 1.60. The van der Waals surface area contributed by atoms with E-state index in [0.29, 0.717) is 13.0 Å². The Morgan fingerprint density at radius 1 is 1.60 bits per heavy atom. The number of carboxylic acids is 1. The molecule has 1 aliphatic heterocycles. The Balaban J connectivity index is 2.28. The number of aromatic nitrogens is 1. The van der Waals surface area contributed by atoms with Gasteiger partial charge in [-0.25, -0.2) is 9.79 Å². The highest BCUT2D eigenvalue weighted by molar-refractivity contribution is 5.98. The van der Waals surface area contributed by atoms with Crippen LogP contribution in [0.15, 0.2) is 23.5 Å². The van der Waals surface area contributed by atoms with Crippen molar-refractivity contribution in [3.05, 3.63) is 24.0 Å². The zero-order valence-corrected chi connectivity index (χ0v) is 11.5. The second kappa shape index (κ2) is 4.99. The minimum absolute atomic E-state index is 0.0787. The summed E-state index contributed by atoms with van der Waals surface area (Å²) in [6, 6.07) is 1.52. The lowest BCUT2D eigenvalue weighted by Crippen LogP contribution is -2.50. The molecule has 1 atom stereocenters. The molecular weight excluding hydrogens is 260 g/mol. The van der Waals surface area contributed by atoms with E-state index in [9.17, 15) is 9.59 Å². The molecule has 7 nitrogen and oxygen atoms in total. The maximum Gasteiger partial charge on any atom is 0.337 e. The fourth-order valence-corrected chi connectivity index (χ4v) is 2.30. The molecule has 0 bridgehead atoms. The minimum atomic E-state index is -0.975. The second-order valence-corrected chi connectivity index (χ2v) is 5.06. The van der Waals surface area contributed by atoms with Crippen molar-refractivity contribution >= 4 is 17.8 Å². The third-order valence-electron chi connectivity index (χ3n) is 3.68. The van der Waals surface area contributed by atoms with E-state index in [1.807, 2.05) is 6.92 Å². The molecule has 1 aromatic heterocycles. The monoisotopic (exact) mass is 278 g/mol. The lowest BCUT2D eigenvalue weighted by atomic mass is 9.90. The van der Waals surface area contributed by atoms with Crippen molar-refractivity contribution in [1.29, 1.82) is 0 Å². The molecule has 0 saturated carbocycles. The van der Waals surface area contributed by atoms with E-state index in [2.05, 4.69) is 4.99 Å². The van der Waals surface area contributed by atoms with Crippen molar-refractivity contribution in [2.24, 2.45) is 10.7 Å². The van der Waals surface area contributed by atoms with Gasteiger partial charge >= 0.3 is 5.97 Å². The number of rotatable bonds is 4. The maximum absolute atomic E-state index is 11.9. The summed E-state index contributed by atoms with van der Waals surface area (Å²) in [5, 5.41) is 8.92. The first-order valence-electron chi connectivity index (χ1n) is 6.38. The second-order valence-electron chi connectivity index (χ2n) is 5.06. The smallest absolute Gasteiger partial charge is 0.337 e. The molecule has 0 aliphatic carbocycles. The van der Waals surface area contributed by atoms with Gasteiger partial charge in [-0.1, -0.05) is 6.92 Å². The van der Waals surface area contributed by atoms with Crippen molar-refractivity contribution in [3.63, 3.8) is 0 Å². The van der Waals surface area contributed by atoms with Gasteiger partial charge in [0, 0.05) is 26.0 Å². The number of nitrogens with zero attached hydrogens (tertiary/aromatic N) is 3. The Morgan fingerprint density at radius 3 is 2.80 bits per heavy atom. The van der Waals surface area contributed by atoms with Crippen molar-refractivity contribution in [1.82, 2.24) is 9.47 Å². The molecule has 0 fully saturated rings. The number of hydrogen-bond donors (Lipinski definition) is 2. The first-order valence-corrected chi connectivity index (χ1v) is 6.38. The first kappa shape index (κ1) is 14.1. The molecule has 0 spiro atoms. The summed E-state index contributed by atoms with van der Waals surface area (Å²) in [6.07, 6.45) is 4.12. The molecule has 108 valence electrons. The predicted octanol–water partition coefficient (Wildman–Crippen LogP) is 0.512. The topological polar surface area (TPSA) is 101 Å². The third kappa shape index (κ3) is 2.52. The molecule has 20 heavy (non-hydrogen) atoms. The number of carbonyl (C=O) groups is 2. The van der Waals surface area contributed by atoms with Gasteiger partial charge in [0.25, 0.3) is 0 Å². The molecule has 1 aliphatic rings. The average molecular weight is 278 g/mol. The molecule has 1 amide bonds. The molecule has 2 rings (SSSR count). The lowest BCUT2D eigenvalue weighted by molar-refractivity contribution is -0.128. The summed E-state index contributed by atoms with van der Waals surface area (Å²) in [5.74, 6) is -0.851. The Hall–Kier alpha value is -2.31. The number of aliphatic imine (C=N–C) groups is 1. The number of guanidine groups is 1. The van der Waals surface area contributed by atoms with Crippen LogP contribution in [-0.4, -0.2) is 45.0 Å². The minimum Gasteiger partial charge on any atom is -0.478 e. The van der Waals surface area contributed by atoms with Gasteiger partial charge in [0.05, 0.1) is 17.5 Å². The standard InChI is InChI=1S/C13H18N4O3/c1-3-13(6-10(18)16(2)12(14)15-13)8-17-5-4-9(7-17)11(19)20/h4-5,7H,3,6,8H2,1-2H3,(H2,14,15)(H,19,20). The highest BCUT2D eigenvalue weighted by Gasteiger charge is 2.37. The fraction of sp³-hybridized carbons (Fsp3) is 0.462. The van der Waals surface area contributed by atoms with Crippen LogP contribution in [0.3, 0.4) is 0 Å². The number of nitrogens with two attached hydrogens (primary N) is 1. The number of carbonyl (C=O) groups excluding carboxylic acids is 1. The van der Waals surface area contributed by atoms with Crippen molar-refractivity contribution in [2.45, 2.75) is 31.8 Å². The Morgan fingerprint density at radius 2 is 2.30 bits per heavy atom. The van der Waals surface area contributed by atoms with Crippen LogP contribution in [0.5, 0.6) is 0 Å². The Labute approximate surface area is 116 Å². The van der Waals surface area contributed by atoms with Crippen LogP contribution in [0.25, 0.3) is 0 Å². The summed E-state index contributed by atoms with van der Waals surface area (Å²) in [4.78, 5) is 28.6. The van der Waals surface area contributed by atoms with Crippen LogP contribution in [0.1, 0.15) is 30.1 Å². The molecule has 0 aromatic carbocycles. The molecule has 7 heteroatoms. The van der Waals surface area contributed by atoms with Crippen LogP contribution >= 0.6 is 0 Å². The van der Waals surface area contributed by atoms with Gasteiger partial charge in [-0.3, -0.25) is 9.69 Å². The van der Waals surface area contributed by atoms with Crippen LogP contribution in [0, 0.1) is 0 Å². The molecule has 0 radical (unpaired) electrons. The van der Waals surface area contributed by atoms with E-state index in [1.54, 1.807) is 17.8 Å². The van der Waals surface area contributed by atoms with Crippen LogP contribution in [0.4, 0.5) is 0 Å². The number of amides is 1. The highest BCUT2D eigenvalue weighted by Crippen LogP contribution is 2.28. The van der Waals surface area contributed by atoms with Crippen LogP contribution < -0.4 is 5.73 Å². The Bertz CT molecular complexity index is 578. The van der Waals surface area contributed by atoms with Gasteiger partial charge in [-0.15, -0.1) is 0 Å². The van der Waals surface area contributed by atoms with E-state index < -0.39 is 11.5 Å². The quantitative estimate of drug-likeness (QED) is 0.838. The number of aromatic carboxylic acids is 1. The van der Waals surface area contributed by atoms with Gasteiger partial charge in [0.1, 0.15) is 0 Å². The maximum atomic E-state index is 11.9. The largest absolute Gasteiger partial charge is 0.478 e. The van der Waals surface area contributed by atoms with E-state index in [0.717, 1.165) is 0 Å². The molecule has 1 aromatic rings. The summed E-state index contributed by atoms with van der Waals surface area (Å²) < 4.78 is 1.74. The zero-order chi connectivity index (χ0) is 14.9. The molecule has 0 saturated heterocycles. The van der Waals surface area contributed by atoms with Gasteiger partial charge in [0.15, 0.2) is 5.96 Å². The summed E-state index contributed by atoms with van der Waals surface area (Å²) >= 11 is 0. The molecule has 2 heterocycles. The number of hydrogen-bond acceptors (Lipinski definition) is 4. The van der Waals surface area contributed by atoms with Crippen molar-refractivity contribution < 1.29 is 14.7 Å². The predicted molar refractivity (Wildman–Crippen MR) is 73.4 cm³/mol. The molecular formula is C13H18N4O3. The lowest BCUT2D eigenvalue weighted by Gasteiger charge is -2.35. The number of carboxylic acid groups (broad SMARTS) is 1. The zero-order valence-electron chi connectivity index (χ0n) is 11.5. The van der Waals surface area contributed by atoms with Gasteiger partial charge in [-0.2, -0.15) is 0 Å². The summed E-state index contributed by atoms with van der Waals surface area (Å²) in [6.45, 7) is 2.37. The van der Waals surface area contributed by atoms with Crippen LogP contribution in [-0.2, 0) is 11.3 Å². The van der Waals surface area contributed by atoms with Gasteiger partial charge < -0.3 is 15.4 Å². The Kier molecular flexibility index (Phi) is 3.52. The van der Waals surface area contributed by atoms with E-state index in [4.69, 9.17) is 10.8 Å². The third-order valence-corrected chi connectivity index (χ3v) is 3.68. The van der Waals surface area contributed by atoms with Crippen LogP contribution in [0.2, 0.25) is 0 Å². The molecule has 3 N–H and O–H groups in total. The fourth-order valence-electron chi connectivity index (χ4n) is 2.30. The van der Waals surface area contributed by atoms with Gasteiger partial charge in [0.2, 0.25) is 5.91 Å².